The van der Waals surface area contributed by atoms with E-state index in [9.17, 15) is 4.39 Å². The number of aryl methyl sites for hydroxylation is 1. The maximum absolute atomic E-state index is 13.8. The molecule has 21 heavy (non-hydrogen) atoms. The molecule has 0 spiro atoms. The van der Waals surface area contributed by atoms with Crippen LogP contribution in [0, 0.1) is 18.7 Å². The van der Waals surface area contributed by atoms with Crippen LogP contribution in [0.5, 0.6) is 0 Å². The molecular formula is C18H29FN2. The van der Waals surface area contributed by atoms with Crippen molar-refractivity contribution in [3.63, 3.8) is 0 Å². The molecule has 118 valence electrons. The molecule has 2 nitrogen and oxygen atoms in total. The zero-order valence-corrected chi connectivity index (χ0v) is 13.8. The van der Waals surface area contributed by atoms with Crippen molar-refractivity contribution in [2.45, 2.75) is 52.6 Å². The van der Waals surface area contributed by atoms with Gasteiger partial charge in [0.1, 0.15) is 5.82 Å². The summed E-state index contributed by atoms with van der Waals surface area (Å²) in [7, 11) is 0. The minimum Gasteiger partial charge on any atom is -0.313 e. The number of halogens is 1. The summed E-state index contributed by atoms with van der Waals surface area (Å²) in [6.45, 7) is 11.7. The van der Waals surface area contributed by atoms with E-state index in [2.05, 4.69) is 37.1 Å². The van der Waals surface area contributed by atoms with E-state index in [0.29, 0.717) is 12.0 Å². The molecule has 1 aromatic rings. The molecule has 0 aliphatic carbocycles. The van der Waals surface area contributed by atoms with Gasteiger partial charge in [-0.05, 0) is 56.3 Å². The highest BCUT2D eigenvalue weighted by atomic mass is 19.1. The fraction of sp³-hybridized carbons (Fsp3) is 0.667. The van der Waals surface area contributed by atoms with Crippen LogP contribution in [0.2, 0.25) is 0 Å². The number of hydrogen-bond donors (Lipinski definition) is 1. The molecule has 1 fully saturated rings. The Morgan fingerprint density at radius 3 is 2.67 bits per heavy atom. The predicted molar refractivity (Wildman–Crippen MR) is 87.0 cm³/mol. The van der Waals surface area contributed by atoms with Crippen LogP contribution in [0.1, 0.15) is 50.8 Å². The maximum Gasteiger partial charge on any atom is 0.126 e. The molecule has 0 radical (unpaired) electrons. The summed E-state index contributed by atoms with van der Waals surface area (Å²) in [4.78, 5) is 2.50. The lowest BCUT2D eigenvalue weighted by Crippen LogP contribution is -2.40. The zero-order valence-electron chi connectivity index (χ0n) is 13.8. The molecule has 1 aliphatic rings. The minimum absolute atomic E-state index is 0.0946. The van der Waals surface area contributed by atoms with Crippen LogP contribution < -0.4 is 5.32 Å². The van der Waals surface area contributed by atoms with Gasteiger partial charge in [-0.15, -0.1) is 0 Å². The molecule has 2 rings (SSSR count). The van der Waals surface area contributed by atoms with E-state index in [1.165, 1.54) is 12.8 Å². The van der Waals surface area contributed by atoms with Crippen LogP contribution in [0.3, 0.4) is 0 Å². The third-order valence-electron chi connectivity index (χ3n) is 4.44. The van der Waals surface area contributed by atoms with Gasteiger partial charge in [-0.25, -0.2) is 4.39 Å². The number of nitrogens with zero attached hydrogens (tertiary/aromatic N) is 1. The standard InChI is InChI=1S/C18H29FN2/c1-13(2)11-21(12-17-6-5-9-20-17)15(4)16-8-7-14(3)18(19)10-16/h7-8,10,13,15,17,20H,5-6,9,11-12H2,1-4H3. The lowest BCUT2D eigenvalue weighted by atomic mass is 10.0. The normalized spacial score (nSPS) is 20.4. The van der Waals surface area contributed by atoms with Crippen molar-refractivity contribution < 1.29 is 4.39 Å². The summed E-state index contributed by atoms with van der Waals surface area (Å²) in [5, 5.41) is 3.57. The monoisotopic (exact) mass is 292 g/mol. The Hall–Kier alpha value is -0.930. The molecule has 1 heterocycles. The molecule has 3 heteroatoms. The van der Waals surface area contributed by atoms with Gasteiger partial charge in [0.25, 0.3) is 0 Å². The van der Waals surface area contributed by atoms with Gasteiger partial charge in [0, 0.05) is 25.2 Å². The molecule has 0 bridgehead atoms. The smallest absolute Gasteiger partial charge is 0.126 e. The van der Waals surface area contributed by atoms with E-state index in [0.717, 1.165) is 30.8 Å². The Kier molecular flexibility index (Phi) is 5.77. The van der Waals surface area contributed by atoms with E-state index in [1.807, 2.05) is 13.0 Å². The van der Waals surface area contributed by atoms with Gasteiger partial charge in [-0.1, -0.05) is 26.0 Å². The first-order chi connectivity index (χ1) is 9.97. The van der Waals surface area contributed by atoms with E-state index < -0.39 is 0 Å². The molecule has 1 N–H and O–H groups in total. The van der Waals surface area contributed by atoms with Crippen LogP contribution in [0.25, 0.3) is 0 Å². The molecule has 0 amide bonds. The average Bonchev–Trinajstić information content (AvgIpc) is 2.93. The van der Waals surface area contributed by atoms with Crippen molar-refractivity contribution in [2.75, 3.05) is 19.6 Å². The summed E-state index contributed by atoms with van der Waals surface area (Å²) < 4.78 is 13.8. The number of hydrogen-bond acceptors (Lipinski definition) is 2. The Bertz CT molecular complexity index is 453. The summed E-state index contributed by atoms with van der Waals surface area (Å²) in [5.41, 5.74) is 1.80. The van der Waals surface area contributed by atoms with Gasteiger partial charge in [0.2, 0.25) is 0 Å². The maximum atomic E-state index is 13.8. The number of nitrogens with one attached hydrogen (secondary N) is 1. The molecular weight excluding hydrogens is 263 g/mol. The second kappa shape index (κ2) is 7.37. The molecule has 2 unspecified atom stereocenters. The van der Waals surface area contributed by atoms with Crippen molar-refractivity contribution in [1.29, 1.82) is 0 Å². The first kappa shape index (κ1) is 16.4. The predicted octanol–water partition coefficient (Wildman–Crippen LogP) is 3.91. The van der Waals surface area contributed by atoms with Crippen molar-refractivity contribution in [3.8, 4) is 0 Å². The summed E-state index contributed by atoms with van der Waals surface area (Å²) in [5.74, 6) is 0.520. The Balaban J connectivity index is 2.11. The van der Waals surface area contributed by atoms with Crippen LogP contribution in [-0.2, 0) is 0 Å². The van der Waals surface area contributed by atoms with E-state index in [1.54, 1.807) is 6.07 Å². The van der Waals surface area contributed by atoms with Crippen LogP contribution >= 0.6 is 0 Å². The third-order valence-corrected chi connectivity index (χ3v) is 4.44. The van der Waals surface area contributed by atoms with Crippen LogP contribution in [0.4, 0.5) is 4.39 Å². The first-order valence-corrected chi connectivity index (χ1v) is 8.21. The molecule has 0 saturated carbocycles. The minimum atomic E-state index is -0.0946. The van der Waals surface area contributed by atoms with Crippen LogP contribution in [-0.4, -0.2) is 30.6 Å². The van der Waals surface area contributed by atoms with Crippen molar-refractivity contribution in [3.05, 3.63) is 35.1 Å². The topological polar surface area (TPSA) is 15.3 Å². The van der Waals surface area contributed by atoms with Gasteiger partial charge in [0.05, 0.1) is 0 Å². The summed E-state index contributed by atoms with van der Waals surface area (Å²) in [6, 6.07) is 6.50. The molecule has 0 aromatic heterocycles. The number of rotatable bonds is 6. The molecule has 2 atom stereocenters. The highest BCUT2D eigenvalue weighted by Gasteiger charge is 2.23. The lowest BCUT2D eigenvalue weighted by Gasteiger charge is -2.33. The average molecular weight is 292 g/mol. The first-order valence-electron chi connectivity index (χ1n) is 8.21. The van der Waals surface area contributed by atoms with E-state index in [-0.39, 0.29) is 11.9 Å². The van der Waals surface area contributed by atoms with Crippen molar-refractivity contribution in [2.24, 2.45) is 5.92 Å². The Morgan fingerprint density at radius 1 is 1.33 bits per heavy atom. The van der Waals surface area contributed by atoms with Gasteiger partial charge in [-0.2, -0.15) is 0 Å². The number of benzene rings is 1. The fourth-order valence-electron chi connectivity index (χ4n) is 3.14. The fourth-order valence-corrected chi connectivity index (χ4v) is 3.14. The van der Waals surface area contributed by atoms with E-state index >= 15 is 0 Å². The van der Waals surface area contributed by atoms with Gasteiger partial charge < -0.3 is 5.32 Å². The second-order valence-corrected chi connectivity index (χ2v) is 6.83. The SMILES string of the molecule is Cc1ccc(C(C)N(CC(C)C)CC2CCCN2)cc1F. The summed E-state index contributed by atoms with van der Waals surface area (Å²) >= 11 is 0. The Morgan fingerprint density at radius 2 is 2.10 bits per heavy atom. The highest BCUT2D eigenvalue weighted by Crippen LogP contribution is 2.24. The molecule has 1 saturated heterocycles. The van der Waals surface area contributed by atoms with E-state index in [4.69, 9.17) is 0 Å². The highest BCUT2D eigenvalue weighted by molar-refractivity contribution is 5.25. The van der Waals surface area contributed by atoms with Gasteiger partial charge in [0.15, 0.2) is 0 Å². The van der Waals surface area contributed by atoms with Gasteiger partial charge in [-0.3, -0.25) is 4.90 Å². The largest absolute Gasteiger partial charge is 0.313 e. The quantitative estimate of drug-likeness (QED) is 0.855. The lowest BCUT2D eigenvalue weighted by molar-refractivity contribution is 0.171. The Labute approximate surface area is 128 Å². The van der Waals surface area contributed by atoms with Crippen LogP contribution in [0.15, 0.2) is 18.2 Å². The second-order valence-electron chi connectivity index (χ2n) is 6.83. The molecule has 1 aromatic carbocycles. The van der Waals surface area contributed by atoms with Crippen molar-refractivity contribution >= 4 is 0 Å². The van der Waals surface area contributed by atoms with Crippen molar-refractivity contribution in [1.82, 2.24) is 10.2 Å². The molecule has 1 aliphatic heterocycles. The third kappa shape index (κ3) is 4.52. The zero-order chi connectivity index (χ0) is 15.4. The summed E-state index contributed by atoms with van der Waals surface area (Å²) in [6.07, 6.45) is 2.53. The van der Waals surface area contributed by atoms with Gasteiger partial charge >= 0.3 is 0 Å².